The minimum absolute atomic E-state index is 0. The average molecular weight is 639 g/mol. The Labute approximate surface area is 309 Å². The molecule has 0 saturated carbocycles. The van der Waals surface area contributed by atoms with Gasteiger partial charge in [0.2, 0.25) is 0 Å². The Balaban J connectivity index is 0.00000924. The average Bonchev–Trinajstić information content (AvgIpc) is 2.97. The van der Waals surface area contributed by atoms with Crippen LogP contribution in [0.4, 0.5) is 0 Å². The summed E-state index contributed by atoms with van der Waals surface area (Å²) in [6.07, 6.45) is 33.3. The van der Waals surface area contributed by atoms with Crippen LogP contribution in [0, 0.1) is 0 Å². The molecule has 0 unspecified atom stereocenters. The Morgan fingerprint density at radius 2 is 0.907 bits per heavy atom. The predicted molar refractivity (Wildman–Crippen MR) is 181 cm³/mol. The maximum absolute atomic E-state index is 12.2. The van der Waals surface area contributed by atoms with Crippen molar-refractivity contribution < 1.29 is 64.4 Å². The Morgan fingerprint density at radius 3 is 1.33 bits per heavy atom. The van der Waals surface area contributed by atoms with Gasteiger partial charge in [0.05, 0.1) is 4.90 Å². The number of fused-ring (bicyclic) bond motifs is 1. The molecule has 0 aromatic heterocycles. The van der Waals surface area contributed by atoms with Gasteiger partial charge in [0.25, 0.3) is 0 Å². The van der Waals surface area contributed by atoms with E-state index in [4.69, 9.17) is 0 Å². The van der Waals surface area contributed by atoms with Crippen LogP contribution in [0.2, 0.25) is 0 Å². The molecule has 2 rings (SSSR count). The van der Waals surface area contributed by atoms with Gasteiger partial charge in [-0.15, -0.1) is 0 Å². The third kappa shape index (κ3) is 18.9. The summed E-state index contributed by atoms with van der Waals surface area (Å²) in [5.74, 6) is 0. The Bertz CT molecular complexity index is 1070. The number of hydrogen-bond donors (Lipinski definition) is 0. The van der Waals surface area contributed by atoms with E-state index in [0.717, 1.165) is 43.1 Å². The van der Waals surface area contributed by atoms with Crippen molar-refractivity contribution >= 4 is 20.9 Å². The molecule has 0 aliphatic heterocycles. The van der Waals surface area contributed by atoms with Gasteiger partial charge < -0.3 is 4.55 Å². The standard InChI is InChI=1S/C38H64O3S.K/c1-3-5-7-9-11-13-15-17-19-21-23-25-28-34-32-37-35(30-27-31-36(37)38(33-34)42(39,40)41)29-26-24-22-20-18-16-14-12-10-8-6-4-2;/h27,30-33H,3-26,28-29H2,1-2H3,(H,39,40,41);/q;+1/p-1. The first-order valence-corrected chi connectivity index (χ1v) is 19.4. The number of aryl methyl sites for hydroxylation is 2. The van der Waals surface area contributed by atoms with Gasteiger partial charge in [0, 0.05) is 0 Å². The maximum Gasteiger partial charge on any atom is 1.00 e. The smallest absolute Gasteiger partial charge is 0.744 e. The third-order valence-corrected chi connectivity index (χ3v) is 9.87. The van der Waals surface area contributed by atoms with Crippen molar-refractivity contribution in [3.8, 4) is 0 Å². The van der Waals surface area contributed by atoms with Crippen molar-refractivity contribution in [2.75, 3.05) is 0 Å². The summed E-state index contributed by atoms with van der Waals surface area (Å²) in [5, 5.41) is 1.56. The number of unbranched alkanes of at least 4 members (excludes halogenated alkanes) is 22. The summed E-state index contributed by atoms with van der Waals surface area (Å²) in [4.78, 5) is -0.0366. The summed E-state index contributed by atoms with van der Waals surface area (Å²) in [7, 11) is -4.52. The SMILES string of the molecule is CCCCCCCCCCCCCCc1cc(S(=O)(=O)[O-])c2cccc(CCCCCCCCCCCCCC)c2c1.[K+]. The Hall–Kier alpha value is 0.246. The molecule has 0 radical (unpaired) electrons. The van der Waals surface area contributed by atoms with Crippen LogP contribution in [0.5, 0.6) is 0 Å². The van der Waals surface area contributed by atoms with Gasteiger partial charge in [-0.05, 0) is 53.6 Å². The van der Waals surface area contributed by atoms with Crippen molar-refractivity contribution in [1.82, 2.24) is 0 Å². The van der Waals surface area contributed by atoms with E-state index in [1.54, 1.807) is 12.1 Å². The van der Waals surface area contributed by atoms with Gasteiger partial charge in [0.1, 0.15) is 10.1 Å². The van der Waals surface area contributed by atoms with Crippen LogP contribution in [0.3, 0.4) is 0 Å². The second-order valence-electron chi connectivity index (χ2n) is 12.8. The molecule has 240 valence electrons. The van der Waals surface area contributed by atoms with Crippen LogP contribution in [-0.4, -0.2) is 13.0 Å². The van der Waals surface area contributed by atoms with E-state index in [1.165, 1.54) is 140 Å². The molecule has 0 atom stereocenters. The monoisotopic (exact) mass is 638 g/mol. The molecule has 5 heteroatoms. The van der Waals surface area contributed by atoms with E-state index in [1.807, 2.05) is 6.07 Å². The fourth-order valence-corrected chi connectivity index (χ4v) is 7.11. The van der Waals surface area contributed by atoms with Gasteiger partial charge in [-0.1, -0.05) is 179 Å². The number of benzene rings is 2. The van der Waals surface area contributed by atoms with Crippen LogP contribution in [0.25, 0.3) is 10.8 Å². The van der Waals surface area contributed by atoms with Gasteiger partial charge >= 0.3 is 51.4 Å². The molecule has 0 aliphatic carbocycles. The minimum Gasteiger partial charge on any atom is -0.744 e. The topological polar surface area (TPSA) is 57.2 Å². The van der Waals surface area contributed by atoms with E-state index in [2.05, 4.69) is 26.0 Å². The van der Waals surface area contributed by atoms with E-state index < -0.39 is 10.1 Å². The molecule has 0 heterocycles. The minimum atomic E-state index is -4.52. The maximum atomic E-state index is 12.2. The fourth-order valence-electron chi connectivity index (χ4n) is 6.37. The summed E-state index contributed by atoms with van der Waals surface area (Å²) in [6.45, 7) is 4.54. The van der Waals surface area contributed by atoms with Gasteiger partial charge in [-0.2, -0.15) is 0 Å². The van der Waals surface area contributed by atoms with Crippen molar-refractivity contribution in [3.63, 3.8) is 0 Å². The fraction of sp³-hybridized carbons (Fsp3) is 0.737. The molecule has 0 fully saturated rings. The summed E-state index contributed by atoms with van der Waals surface area (Å²) in [5.41, 5.74) is 2.17. The van der Waals surface area contributed by atoms with Crippen molar-refractivity contribution in [1.29, 1.82) is 0 Å². The molecule has 2 aromatic carbocycles. The second-order valence-corrected chi connectivity index (χ2v) is 14.2. The van der Waals surface area contributed by atoms with Crippen molar-refractivity contribution in [2.45, 2.75) is 186 Å². The molecule has 0 spiro atoms. The van der Waals surface area contributed by atoms with E-state index in [-0.39, 0.29) is 56.3 Å². The second kappa shape index (κ2) is 26.3. The predicted octanol–water partition coefficient (Wildman–Crippen LogP) is 9.24. The van der Waals surface area contributed by atoms with Crippen molar-refractivity contribution in [2.24, 2.45) is 0 Å². The molecule has 3 nitrogen and oxygen atoms in total. The molecule has 43 heavy (non-hydrogen) atoms. The van der Waals surface area contributed by atoms with Crippen LogP contribution in [0.15, 0.2) is 35.2 Å². The van der Waals surface area contributed by atoms with E-state index in [0.29, 0.717) is 5.39 Å². The Morgan fingerprint density at radius 1 is 0.512 bits per heavy atom. The Kier molecular flexibility index (Phi) is 25.3. The zero-order valence-corrected chi connectivity index (χ0v) is 32.3. The summed E-state index contributed by atoms with van der Waals surface area (Å²) < 4.78 is 36.6. The normalized spacial score (nSPS) is 11.7. The molecule has 0 bridgehead atoms. The first-order valence-electron chi connectivity index (χ1n) is 18.0. The van der Waals surface area contributed by atoms with Crippen LogP contribution in [-0.2, 0) is 23.0 Å². The first kappa shape index (κ1) is 41.3. The van der Waals surface area contributed by atoms with E-state index in [9.17, 15) is 13.0 Å². The van der Waals surface area contributed by atoms with Crippen molar-refractivity contribution in [3.05, 3.63) is 41.5 Å². The molecular weight excluding hydrogens is 576 g/mol. The molecular formula is C38H63KO3S. The number of hydrogen-bond acceptors (Lipinski definition) is 3. The van der Waals surface area contributed by atoms with Gasteiger partial charge in [0.15, 0.2) is 0 Å². The third-order valence-electron chi connectivity index (χ3n) is 9.00. The first-order chi connectivity index (χ1) is 20.5. The zero-order valence-electron chi connectivity index (χ0n) is 28.4. The van der Waals surface area contributed by atoms with Gasteiger partial charge in [-0.3, -0.25) is 0 Å². The summed E-state index contributed by atoms with van der Waals surface area (Å²) >= 11 is 0. The van der Waals surface area contributed by atoms with Crippen LogP contribution < -0.4 is 51.4 Å². The molecule has 0 saturated heterocycles. The molecule has 0 N–H and O–H groups in total. The van der Waals surface area contributed by atoms with Crippen LogP contribution >= 0.6 is 0 Å². The van der Waals surface area contributed by atoms with E-state index >= 15 is 0 Å². The quantitative estimate of drug-likeness (QED) is 0.0557. The summed E-state index contributed by atoms with van der Waals surface area (Å²) in [6, 6.07) is 9.65. The number of rotatable bonds is 27. The molecule has 2 aromatic rings. The molecule has 0 amide bonds. The zero-order chi connectivity index (χ0) is 30.3. The largest absolute Gasteiger partial charge is 1.00 e. The molecule has 0 aliphatic rings. The van der Waals surface area contributed by atoms with Gasteiger partial charge in [-0.25, -0.2) is 8.42 Å². The van der Waals surface area contributed by atoms with Crippen LogP contribution in [0.1, 0.15) is 179 Å².